The second kappa shape index (κ2) is 5.77. The van der Waals surface area contributed by atoms with Gasteiger partial charge in [0, 0.05) is 0 Å². The lowest BCUT2D eigenvalue weighted by molar-refractivity contribution is -0.142. The second-order valence-corrected chi connectivity index (χ2v) is 5.83. The summed E-state index contributed by atoms with van der Waals surface area (Å²) in [6.07, 6.45) is 3.25. The van der Waals surface area contributed by atoms with Crippen LogP contribution in [0.1, 0.15) is 48.8 Å². The number of ether oxygens (including phenoxy) is 1. The highest BCUT2D eigenvalue weighted by Gasteiger charge is 2.44. The number of rotatable bonds is 5. The maximum Gasteiger partial charge on any atom is 0.308 e. The molecule has 0 radical (unpaired) electrons. The van der Waals surface area contributed by atoms with Gasteiger partial charge >= 0.3 is 5.97 Å². The number of benzene rings is 1. The third-order valence-electron chi connectivity index (χ3n) is 4.37. The summed E-state index contributed by atoms with van der Waals surface area (Å²) < 4.78 is 4.83. The van der Waals surface area contributed by atoms with Crippen molar-refractivity contribution in [1.29, 1.82) is 0 Å². The van der Waals surface area contributed by atoms with Gasteiger partial charge in [-0.1, -0.05) is 30.7 Å². The molecule has 0 aromatic heterocycles. The Morgan fingerprint density at radius 2 is 2.16 bits per heavy atom. The first kappa shape index (κ1) is 14.1. The van der Waals surface area contributed by atoms with E-state index in [0.29, 0.717) is 11.8 Å². The van der Waals surface area contributed by atoms with E-state index in [2.05, 4.69) is 39.0 Å². The smallest absolute Gasteiger partial charge is 0.308 e. The highest BCUT2D eigenvalue weighted by Crippen LogP contribution is 2.46. The molecule has 2 nitrogen and oxygen atoms in total. The van der Waals surface area contributed by atoms with Crippen LogP contribution >= 0.6 is 0 Å². The van der Waals surface area contributed by atoms with Gasteiger partial charge in [-0.05, 0) is 56.1 Å². The molecule has 2 heteroatoms. The van der Waals surface area contributed by atoms with Crippen LogP contribution in [0.5, 0.6) is 0 Å². The zero-order valence-corrected chi connectivity index (χ0v) is 12.4. The van der Waals surface area contributed by atoms with E-state index < -0.39 is 0 Å². The molecule has 0 aliphatic heterocycles. The lowest BCUT2D eigenvalue weighted by atomic mass is 9.87. The highest BCUT2D eigenvalue weighted by molar-refractivity contribution is 5.75. The highest BCUT2D eigenvalue weighted by atomic mass is 16.5. The Balaban J connectivity index is 2.03. The van der Waals surface area contributed by atoms with Crippen LogP contribution in [-0.2, 0) is 9.53 Å². The van der Waals surface area contributed by atoms with E-state index in [1.54, 1.807) is 0 Å². The first-order valence-corrected chi connectivity index (χ1v) is 7.21. The molecule has 104 valence electrons. The van der Waals surface area contributed by atoms with Crippen molar-refractivity contribution < 1.29 is 9.53 Å². The number of hydrogen-bond acceptors (Lipinski definition) is 2. The first-order chi connectivity index (χ1) is 9.06. The number of hydrogen-bond donors (Lipinski definition) is 0. The number of carbonyl (C=O) groups is 1. The van der Waals surface area contributed by atoms with Crippen molar-refractivity contribution in [2.75, 3.05) is 7.11 Å². The Morgan fingerprint density at radius 3 is 2.74 bits per heavy atom. The molecule has 1 fully saturated rings. The van der Waals surface area contributed by atoms with Crippen LogP contribution in [0.15, 0.2) is 18.2 Å². The summed E-state index contributed by atoms with van der Waals surface area (Å²) >= 11 is 0. The molecule has 1 aliphatic carbocycles. The molecular formula is C17H24O2. The van der Waals surface area contributed by atoms with Crippen molar-refractivity contribution in [3.05, 3.63) is 34.9 Å². The summed E-state index contributed by atoms with van der Waals surface area (Å²) in [5.41, 5.74) is 4.14. The van der Waals surface area contributed by atoms with Crippen molar-refractivity contribution in [3.8, 4) is 0 Å². The molecule has 0 amide bonds. The fourth-order valence-electron chi connectivity index (χ4n) is 3.11. The molecule has 3 atom stereocenters. The van der Waals surface area contributed by atoms with Crippen LogP contribution in [-0.4, -0.2) is 13.1 Å². The molecule has 1 saturated carbocycles. The third kappa shape index (κ3) is 3.17. The quantitative estimate of drug-likeness (QED) is 0.748. The number of methoxy groups -OCH3 is 1. The molecule has 2 rings (SSSR count). The van der Waals surface area contributed by atoms with Crippen molar-refractivity contribution in [2.24, 2.45) is 11.8 Å². The molecule has 0 saturated heterocycles. The molecule has 1 aromatic rings. The maximum atomic E-state index is 11.5. The van der Waals surface area contributed by atoms with Crippen LogP contribution in [0.2, 0.25) is 0 Å². The zero-order chi connectivity index (χ0) is 14.0. The van der Waals surface area contributed by atoms with Gasteiger partial charge in [-0.25, -0.2) is 0 Å². The molecule has 0 spiro atoms. The van der Waals surface area contributed by atoms with Gasteiger partial charge in [-0.3, -0.25) is 4.79 Å². The lowest BCUT2D eigenvalue weighted by Crippen LogP contribution is -2.07. The third-order valence-corrected chi connectivity index (χ3v) is 4.37. The van der Waals surface area contributed by atoms with Gasteiger partial charge in [0.1, 0.15) is 0 Å². The average molecular weight is 260 g/mol. The van der Waals surface area contributed by atoms with Gasteiger partial charge in [-0.2, -0.15) is 0 Å². The van der Waals surface area contributed by atoms with Crippen LogP contribution < -0.4 is 0 Å². The first-order valence-electron chi connectivity index (χ1n) is 7.21. The largest absolute Gasteiger partial charge is 0.469 e. The van der Waals surface area contributed by atoms with Gasteiger partial charge in [0.05, 0.1) is 13.0 Å². The van der Waals surface area contributed by atoms with Gasteiger partial charge < -0.3 is 4.74 Å². The molecule has 3 unspecified atom stereocenters. The van der Waals surface area contributed by atoms with Crippen LogP contribution in [0, 0.1) is 25.7 Å². The Hall–Kier alpha value is -1.31. The average Bonchev–Trinajstić information content (AvgIpc) is 3.15. The Bertz CT molecular complexity index is 464. The summed E-state index contributed by atoms with van der Waals surface area (Å²) in [6, 6.07) is 6.70. The van der Waals surface area contributed by atoms with E-state index >= 15 is 0 Å². The SMILES string of the molecule is CCC(CC1CC1C(=O)OC)c1ccc(C)cc1C. The Labute approximate surface area is 116 Å². The minimum absolute atomic E-state index is 0.0273. The van der Waals surface area contributed by atoms with E-state index in [0.717, 1.165) is 19.3 Å². The number of esters is 1. The number of aryl methyl sites for hydroxylation is 2. The van der Waals surface area contributed by atoms with Gasteiger partial charge in [0.2, 0.25) is 0 Å². The predicted octanol–water partition coefficient (Wildman–Crippen LogP) is 4.00. The summed E-state index contributed by atoms with van der Waals surface area (Å²) in [6.45, 7) is 6.56. The zero-order valence-electron chi connectivity index (χ0n) is 12.4. The molecule has 19 heavy (non-hydrogen) atoms. The molecular weight excluding hydrogens is 236 g/mol. The molecule has 0 bridgehead atoms. The summed E-state index contributed by atoms with van der Waals surface area (Å²) in [7, 11) is 1.49. The minimum Gasteiger partial charge on any atom is -0.469 e. The van der Waals surface area contributed by atoms with E-state index in [1.165, 1.54) is 23.8 Å². The van der Waals surface area contributed by atoms with E-state index in [-0.39, 0.29) is 11.9 Å². The molecule has 1 aromatic carbocycles. The van der Waals surface area contributed by atoms with Gasteiger partial charge in [0.15, 0.2) is 0 Å². The van der Waals surface area contributed by atoms with Crippen LogP contribution in [0.3, 0.4) is 0 Å². The van der Waals surface area contributed by atoms with E-state index in [1.807, 2.05) is 0 Å². The fourth-order valence-corrected chi connectivity index (χ4v) is 3.11. The van der Waals surface area contributed by atoms with Gasteiger partial charge in [0.25, 0.3) is 0 Å². The van der Waals surface area contributed by atoms with Crippen molar-refractivity contribution in [1.82, 2.24) is 0 Å². The molecule has 0 heterocycles. The standard InChI is InChI=1S/C17H24O2/c1-5-13(9-14-10-16(14)17(18)19-4)15-7-6-11(2)8-12(15)3/h6-8,13-14,16H,5,9-10H2,1-4H3. The van der Waals surface area contributed by atoms with Crippen molar-refractivity contribution in [2.45, 2.75) is 46.0 Å². The van der Waals surface area contributed by atoms with Gasteiger partial charge in [-0.15, -0.1) is 0 Å². The predicted molar refractivity (Wildman–Crippen MR) is 77.2 cm³/mol. The number of carbonyl (C=O) groups excluding carboxylic acids is 1. The monoisotopic (exact) mass is 260 g/mol. The van der Waals surface area contributed by atoms with Crippen LogP contribution in [0.4, 0.5) is 0 Å². The van der Waals surface area contributed by atoms with Crippen molar-refractivity contribution in [3.63, 3.8) is 0 Å². The van der Waals surface area contributed by atoms with Crippen LogP contribution in [0.25, 0.3) is 0 Å². The maximum absolute atomic E-state index is 11.5. The second-order valence-electron chi connectivity index (χ2n) is 5.83. The van der Waals surface area contributed by atoms with E-state index in [4.69, 9.17) is 4.74 Å². The van der Waals surface area contributed by atoms with Crippen molar-refractivity contribution >= 4 is 5.97 Å². The summed E-state index contributed by atoms with van der Waals surface area (Å²) in [5.74, 6) is 1.23. The minimum atomic E-state index is -0.0273. The Morgan fingerprint density at radius 1 is 1.42 bits per heavy atom. The summed E-state index contributed by atoms with van der Waals surface area (Å²) in [4.78, 5) is 11.5. The van der Waals surface area contributed by atoms with E-state index in [9.17, 15) is 4.79 Å². The lowest BCUT2D eigenvalue weighted by Gasteiger charge is -2.18. The topological polar surface area (TPSA) is 26.3 Å². The normalized spacial score (nSPS) is 22.9. The Kier molecular flexibility index (Phi) is 4.28. The molecule has 0 N–H and O–H groups in total. The summed E-state index contributed by atoms with van der Waals surface area (Å²) in [5, 5.41) is 0. The molecule has 1 aliphatic rings. The fraction of sp³-hybridized carbons (Fsp3) is 0.588.